The molecule has 4 rings (SSSR count). The summed E-state index contributed by atoms with van der Waals surface area (Å²) < 4.78 is 12.5. The van der Waals surface area contributed by atoms with E-state index in [0.29, 0.717) is 36.7 Å². The number of pyridine rings is 1. The van der Waals surface area contributed by atoms with Gasteiger partial charge in [0.05, 0.1) is 37.4 Å². The van der Waals surface area contributed by atoms with E-state index in [1.54, 1.807) is 55.1 Å². The van der Waals surface area contributed by atoms with Crippen LogP contribution < -0.4 is 9.47 Å². The van der Waals surface area contributed by atoms with Crippen LogP contribution in [0.3, 0.4) is 0 Å². The molecule has 1 atom stereocenters. The van der Waals surface area contributed by atoms with Gasteiger partial charge in [-0.3, -0.25) is 14.6 Å². The normalized spacial score (nSPS) is 17.4. The molecule has 1 aromatic carbocycles. The molecule has 0 aliphatic carbocycles. The van der Waals surface area contributed by atoms with Crippen LogP contribution in [0, 0.1) is 0 Å². The molecule has 0 bridgehead atoms. The lowest BCUT2D eigenvalue weighted by Gasteiger charge is -2.24. The van der Waals surface area contributed by atoms with Gasteiger partial charge in [-0.2, -0.15) is 0 Å². The van der Waals surface area contributed by atoms with Gasteiger partial charge in [0.15, 0.2) is 0 Å². The van der Waals surface area contributed by atoms with Gasteiger partial charge < -0.3 is 24.0 Å². The van der Waals surface area contributed by atoms with E-state index in [9.17, 15) is 14.7 Å². The maximum Gasteiger partial charge on any atom is 0.295 e. The number of likely N-dealkylation sites (tertiary alicyclic amines) is 1. The number of aliphatic hydroxyl groups excluding tert-OH is 1. The smallest absolute Gasteiger partial charge is 0.295 e. The summed E-state index contributed by atoms with van der Waals surface area (Å²) in [6.45, 7) is 0.935. The van der Waals surface area contributed by atoms with Crippen LogP contribution in [0.5, 0.6) is 11.5 Å². The molecule has 0 radical (unpaired) electrons. The molecule has 0 saturated carbocycles. The highest BCUT2D eigenvalue weighted by Gasteiger charge is 2.46. The number of rotatable bonds is 8. The average Bonchev–Trinajstić information content (AvgIpc) is 3.46. The number of amides is 1. The number of carbonyl (C=O) groups is 2. The Balaban J connectivity index is 1.75. The number of imidazole rings is 1. The van der Waals surface area contributed by atoms with Crippen LogP contribution >= 0.6 is 0 Å². The second kappa shape index (κ2) is 9.56. The highest BCUT2D eigenvalue weighted by molar-refractivity contribution is 6.46. The van der Waals surface area contributed by atoms with Crippen molar-refractivity contribution in [3.63, 3.8) is 0 Å². The van der Waals surface area contributed by atoms with Crippen LogP contribution in [0.4, 0.5) is 0 Å². The number of aliphatic hydroxyl groups is 1. The van der Waals surface area contributed by atoms with Crippen LogP contribution in [0.15, 0.2) is 66.9 Å². The monoisotopic (exact) mass is 448 g/mol. The number of aromatic nitrogens is 3. The predicted molar refractivity (Wildman–Crippen MR) is 120 cm³/mol. The van der Waals surface area contributed by atoms with E-state index in [-0.39, 0.29) is 16.9 Å². The summed E-state index contributed by atoms with van der Waals surface area (Å²) in [5.74, 6) is -0.905. The summed E-state index contributed by atoms with van der Waals surface area (Å²) >= 11 is 0. The van der Waals surface area contributed by atoms with Crippen molar-refractivity contribution in [2.24, 2.45) is 0 Å². The van der Waals surface area contributed by atoms with E-state index in [1.807, 2.05) is 10.8 Å². The fraction of sp³-hybridized carbons (Fsp3) is 0.250. The third-order valence-corrected chi connectivity index (χ3v) is 5.55. The summed E-state index contributed by atoms with van der Waals surface area (Å²) in [6.07, 6.45) is 7.40. The number of hydrogen-bond donors (Lipinski definition) is 1. The molecule has 3 heterocycles. The highest BCUT2D eigenvalue weighted by atomic mass is 16.5. The molecular formula is C24H24N4O5. The van der Waals surface area contributed by atoms with Gasteiger partial charge in [0.2, 0.25) is 0 Å². The van der Waals surface area contributed by atoms with Crippen molar-refractivity contribution >= 4 is 17.4 Å². The van der Waals surface area contributed by atoms with Crippen molar-refractivity contribution in [2.75, 3.05) is 20.8 Å². The molecule has 3 aromatic rings. The van der Waals surface area contributed by atoms with Gasteiger partial charge in [0.1, 0.15) is 23.3 Å². The minimum Gasteiger partial charge on any atom is -0.507 e. The quantitative estimate of drug-likeness (QED) is 0.321. The van der Waals surface area contributed by atoms with E-state index in [4.69, 9.17) is 9.47 Å². The summed E-state index contributed by atoms with van der Waals surface area (Å²) in [7, 11) is 2.97. The molecule has 9 heteroatoms. The summed E-state index contributed by atoms with van der Waals surface area (Å²) in [6, 6.07) is 9.29. The van der Waals surface area contributed by atoms with E-state index >= 15 is 0 Å². The molecule has 33 heavy (non-hydrogen) atoms. The molecule has 9 nitrogen and oxygen atoms in total. The zero-order valence-electron chi connectivity index (χ0n) is 18.3. The van der Waals surface area contributed by atoms with E-state index in [0.717, 1.165) is 0 Å². The number of methoxy groups -OCH3 is 2. The minimum absolute atomic E-state index is 0.0233. The van der Waals surface area contributed by atoms with Crippen molar-refractivity contribution in [2.45, 2.75) is 19.0 Å². The second-order valence-electron chi connectivity index (χ2n) is 7.47. The van der Waals surface area contributed by atoms with E-state index < -0.39 is 17.7 Å². The van der Waals surface area contributed by atoms with Crippen LogP contribution in [-0.2, 0) is 16.1 Å². The van der Waals surface area contributed by atoms with Crippen molar-refractivity contribution < 1.29 is 24.2 Å². The number of ketones is 1. The Morgan fingerprint density at radius 1 is 1.09 bits per heavy atom. The number of nitrogens with zero attached hydrogens (tertiary/aromatic N) is 4. The zero-order chi connectivity index (χ0) is 23.4. The molecule has 1 aliphatic heterocycles. The number of benzene rings is 1. The summed E-state index contributed by atoms with van der Waals surface area (Å²) in [5.41, 5.74) is 0.758. The van der Waals surface area contributed by atoms with Gasteiger partial charge >= 0.3 is 0 Å². The molecule has 0 unspecified atom stereocenters. The maximum absolute atomic E-state index is 13.1. The fourth-order valence-corrected chi connectivity index (χ4v) is 3.94. The van der Waals surface area contributed by atoms with Gasteiger partial charge in [-0.05, 0) is 30.7 Å². The van der Waals surface area contributed by atoms with Gasteiger partial charge in [0, 0.05) is 37.7 Å². The number of Topliss-reactive ketones (excluding diaryl/α,β-unsaturated/α-hetero) is 1. The lowest BCUT2D eigenvalue weighted by Crippen LogP contribution is -2.31. The van der Waals surface area contributed by atoms with E-state index in [2.05, 4.69) is 9.97 Å². The lowest BCUT2D eigenvalue weighted by atomic mass is 9.97. The van der Waals surface area contributed by atoms with Gasteiger partial charge in [-0.25, -0.2) is 4.98 Å². The van der Waals surface area contributed by atoms with E-state index in [1.165, 1.54) is 19.1 Å². The molecule has 2 aromatic heterocycles. The van der Waals surface area contributed by atoms with Crippen molar-refractivity contribution in [1.82, 2.24) is 19.4 Å². The molecule has 1 N–H and O–H groups in total. The highest BCUT2D eigenvalue weighted by Crippen LogP contribution is 2.40. The molecule has 1 saturated heterocycles. The van der Waals surface area contributed by atoms with Gasteiger partial charge in [-0.1, -0.05) is 6.07 Å². The Hall–Kier alpha value is -4.14. The number of hydrogen-bond acceptors (Lipinski definition) is 7. The Morgan fingerprint density at radius 2 is 1.94 bits per heavy atom. The summed E-state index contributed by atoms with van der Waals surface area (Å²) in [4.78, 5) is 36.0. The number of carbonyl (C=O) groups excluding carboxylic acids is 2. The Labute approximate surface area is 190 Å². The fourth-order valence-electron chi connectivity index (χ4n) is 3.94. The first-order valence-corrected chi connectivity index (χ1v) is 10.4. The SMILES string of the molecule is COc1ccc(C(O)=C2C(=O)C(=O)N(CCCn3ccnc3)[C@@H]2c2ccccn2)c(OC)c1. The third-order valence-electron chi connectivity index (χ3n) is 5.55. The maximum atomic E-state index is 13.1. The minimum atomic E-state index is -0.819. The largest absolute Gasteiger partial charge is 0.507 e. The first-order valence-electron chi connectivity index (χ1n) is 10.4. The molecule has 170 valence electrons. The second-order valence-corrected chi connectivity index (χ2v) is 7.47. The van der Waals surface area contributed by atoms with Crippen LogP contribution in [-0.4, -0.2) is 57.0 Å². The third kappa shape index (κ3) is 4.30. The predicted octanol–water partition coefficient (Wildman–Crippen LogP) is 2.81. The van der Waals surface area contributed by atoms with Crippen molar-refractivity contribution in [1.29, 1.82) is 0 Å². The van der Waals surface area contributed by atoms with Crippen LogP contribution in [0.1, 0.15) is 23.7 Å². The standard InChI is InChI=1S/C24H24N4O5/c1-32-16-7-8-17(19(14-16)33-2)22(29)20-21(18-6-3-4-9-26-18)28(24(31)23(20)30)12-5-11-27-13-10-25-15-27/h3-4,6-10,13-15,21,29H,5,11-12H2,1-2H3/t21-/m1/s1. The zero-order valence-corrected chi connectivity index (χ0v) is 18.3. The van der Waals surface area contributed by atoms with Crippen LogP contribution in [0.25, 0.3) is 5.76 Å². The number of ether oxygens (including phenoxy) is 2. The van der Waals surface area contributed by atoms with Crippen molar-refractivity contribution in [3.8, 4) is 11.5 Å². The Bertz CT molecular complexity index is 1170. The molecule has 1 aliphatic rings. The molecule has 1 fully saturated rings. The topological polar surface area (TPSA) is 107 Å². The Morgan fingerprint density at radius 3 is 2.61 bits per heavy atom. The number of aryl methyl sites for hydroxylation is 1. The summed E-state index contributed by atoms with van der Waals surface area (Å²) in [5, 5.41) is 11.2. The average molecular weight is 448 g/mol. The first-order chi connectivity index (χ1) is 16.0. The molecular weight excluding hydrogens is 424 g/mol. The lowest BCUT2D eigenvalue weighted by molar-refractivity contribution is -0.140. The van der Waals surface area contributed by atoms with Gasteiger partial charge in [0.25, 0.3) is 11.7 Å². The Kier molecular flexibility index (Phi) is 6.39. The van der Waals surface area contributed by atoms with Crippen molar-refractivity contribution in [3.05, 3.63) is 78.1 Å². The van der Waals surface area contributed by atoms with Crippen LogP contribution in [0.2, 0.25) is 0 Å². The first kappa shape index (κ1) is 22.1. The molecule has 0 spiro atoms. The van der Waals surface area contributed by atoms with Gasteiger partial charge in [-0.15, -0.1) is 0 Å². The molecule has 1 amide bonds.